The molecule has 4 nitrogen and oxygen atoms in total. The van der Waals surface area contributed by atoms with Crippen molar-refractivity contribution in [2.75, 3.05) is 26.2 Å². The zero-order chi connectivity index (χ0) is 17.2. The smallest absolute Gasteiger partial charge is 0.243 e. The SMILES string of the molecule is Cl.O=S(=O)(c1ccc(F)c(F)c1)N1CCN(Cc2ccccc2)CC1. The third-order valence-corrected chi connectivity index (χ3v) is 6.00. The summed E-state index contributed by atoms with van der Waals surface area (Å²) in [7, 11) is -3.80. The average molecular weight is 389 g/mol. The topological polar surface area (TPSA) is 40.6 Å². The van der Waals surface area contributed by atoms with Gasteiger partial charge in [0.05, 0.1) is 4.90 Å². The summed E-state index contributed by atoms with van der Waals surface area (Å²) in [5.74, 6) is -2.21. The van der Waals surface area contributed by atoms with E-state index in [2.05, 4.69) is 4.90 Å². The Kier molecular flexibility index (Phi) is 6.51. The van der Waals surface area contributed by atoms with Crippen molar-refractivity contribution in [3.63, 3.8) is 0 Å². The summed E-state index contributed by atoms with van der Waals surface area (Å²) in [4.78, 5) is 1.96. The van der Waals surface area contributed by atoms with Crippen LogP contribution in [-0.4, -0.2) is 43.8 Å². The normalized spacial score (nSPS) is 16.4. The maximum Gasteiger partial charge on any atom is 0.243 e. The van der Waals surface area contributed by atoms with Gasteiger partial charge in [-0.3, -0.25) is 4.90 Å². The highest BCUT2D eigenvalue weighted by atomic mass is 35.5. The van der Waals surface area contributed by atoms with Crippen LogP contribution in [0.2, 0.25) is 0 Å². The number of hydrogen-bond donors (Lipinski definition) is 0. The minimum Gasteiger partial charge on any atom is -0.296 e. The summed E-state index contributed by atoms with van der Waals surface area (Å²) in [5.41, 5.74) is 1.18. The fourth-order valence-electron chi connectivity index (χ4n) is 2.76. The standard InChI is InChI=1S/C17H18F2N2O2S.ClH/c18-16-7-6-15(12-17(16)19)24(22,23)21-10-8-20(9-11-21)13-14-4-2-1-3-5-14;/h1-7,12H,8-11,13H2;1H. The van der Waals surface area contributed by atoms with Crippen molar-refractivity contribution >= 4 is 22.4 Å². The number of halogens is 3. The summed E-state index contributed by atoms with van der Waals surface area (Å²) in [6, 6.07) is 12.6. The van der Waals surface area contributed by atoms with Gasteiger partial charge < -0.3 is 0 Å². The summed E-state index contributed by atoms with van der Waals surface area (Å²) < 4.78 is 52.7. The van der Waals surface area contributed by atoms with Crippen LogP contribution in [0.4, 0.5) is 8.78 Å². The molecule has 1 aliphatic rings. The number of piperazine rings is 1. The Labute approximate surface area is 152 Å². The Morgan fingerprint density at radius 3 is 2.12 bits per heavy atom. The lowest BCUT2D eigenvalue weighted by molar-refractivity contribution is 0.181. The van der Waals surface area contributed by atoms with Gasteiger partial charge in [0.15, 0.2) is 11.6 Å². The third kappa shape index (κ3) is 4.55. The highest BCUT2D eigenvalue weighted by Crippen LogP contribution is 2.20. The van der Waals surface area contributed by atoms with E-state index >= 15 is 0 Å². The van der Waals surface area contributed by atoms with Crippen LogP contribution in [-0.2, 0) is 16.6 Å². The molecule has 8 heteroatoms. The van der Waals surface area contributed by atoms with Crippen LogP contribution < -0.4 is 0 Å². The summed E-state index contributed by atoms with van der Waals surface area (Å²) >= 11 is 0. The molecule has 2 aromatic rings. The minimum absolute atomic E-state index is 0. The Balaban J connectivity index is 0.00000225. The average Bonchev–Trinajstić information content (AvgIpc) is 2.58. The highest BCUT2D eigenvalue weighted by Gasteiger charge is 2.29. The van der Waals surface area contributed by atoms with E-state index in [1.54, 1.807) is 0 Å². The van der Waals surface area contributed by atoms with E-state index in [1.807, 2.05) is 30.3 Å². The van der Waals surface area contributed by atoms with E-state index in [0.717, 1.165) is 24.7 Å². The van der Waals surface area contributed by atoms with Gasteiger partial charge in [-0.15, -0.1) is 12.4 Å². The molecule has 1 aliphatic heterocycles. The van der Waals surface area contributed by atoms with Crippen LogP contribution in [0.25, 0.3) is 0 Å². The van der Waals surface area contributed by atoms with Crippen LogP contribution in [0.3, 0.4) is 0 Å². The van der Waals surface area contributed by atoms with E-state index in [4.69, 9.17) is 0 Å². The first-order valence-corrected chi connectivity index (χ1v) is 9.12. The Morgan fingerprint density at radius 1 is 0.880 bits per heavy atom. The molecule has 0 radical (unpaired) electrons. The quantitative estimate of drug-likeness (QED) is 0.808. The third-order valence-electron chi connectivity index (χ3n) is 4.11. The van der Waals surface area contributed by atoms with Gasteiger partial charge in [0.25, 0.3) is 0 Å². The first-order chi connectivity index (χ1) is 11.5. The lowest BCUT2D eigenvalue weighted by Gasteiger charge is -2.34. The van der Waals surface area contributed by atoms with Crippen LogP contribution >= 0.6 is 12.4 Å². The first kappa shape index (κ1) is 19.8. The van der Waals surface area contributed by atoms with E-state index in [-0.39, 0.29) is 17.3 Å². The van der Waals surface area contributed by atoms with Crippen molar-refractivity contribution in [3.05, 3.63) is 65.7 Å². The predicted octanol–water partition coefficient (Wildman–Crippen LogP) is 2.89. The lowest BCUT2D eigenvalue weighted by Crippen LogP contribution is -2.48. The molecule has 1 saturated heterocycles. The molecule has 136 valence electrons. The second-order valence-electron chi connectivity index (χ2n) is 5.74. The molecule has 0 aromatic heterocycles. The van der Waals surface area contributed by atoms with Crippen LogP contribution in [0.1, 0.15) is 5.56 Å². The van der Waals surface area contributed by atoms with E-state index in [0.29, 0.717) is 26.2 Å². The van der Waals surface area contributed by atoms with Gasteiger partial charge in [-0.1, -0.05) is 30.3 Å². The summed E-state index contributed by atoms with van der Waals surface area (Å²) in [6.07, 6.45) is 0. The summed E-state index contributed by atoms with van der Waals surface area (Å²) in [6.45, 7) is 2.61. The highest BCUT2D eigenvalue weighted by molar-refractivity contribution is 7.89. The second-order valence-corrected chi connectivity index (χ2v) is 7.68. The zero-order valence-electron chi connectivity index (χ0n) is 13.4. The Bertz CT molecular complexity index is 811. The first-order valence-electron chi connectivity index (χ1n) is 7.68. The maximum atomic E-state index is 13.3. The predicted molar refractivity (Wildman–Crippen MR) is 94.1 cm³/mol. The maximum absolute atomic E-state index is 13.3. The molecule has 3 rings (SSSR count). The van der Waals surface area contributed by atoms with Gasteiger partial charge in [-0.25, -0.2) is 17.2 Å². The molecular weight excluding hydrogens is 370 g/mol. The van der Waals surface area contributed by atoms with Crippen molar-refractivity contribution in [1.82, 2.24) is 9.21 Å². The van der Waals surface area contributed by atoms with Gasteiger partial charge in [0.2, 0.25) is 10.0 Å². The van der Waals surface area contributed by atoms with Crippen LogP contribution in [0.5, 0.6) is 0 Å². The van der Waals surface area contributed by atoms with E-state index in [9.17, 15) is 17.2 Å². The lowest BCUT2D eigenvalue weighted by atomic mass is 10.2. The van der Waals surface area contributed by atoms with Crippen molar-refractivity contribution in [2.24, 2.45) is 0 Å². The largest absolute Gasteiger partial charge is 0.296 e. The van der Waals surface area contributed by atoms with Crippen LogP contribution in [0.15, 0.2) is 53.4 Å². The van der Waals surface area contributed by atoms with E-state index < -0.39 is 21.7 Å². The van der Waals surface area contributed by atoms with Gasteiger partial charge in [0.1, 0.15) is 0 Å². The van der Waals surface area contributed by atoms with Crippen molar-refractivity contribution in [2.45, 2.75) is 11.4 Å². The monoisotopic (exact) mass is 388 g/mol. The number of sulfonamides is 1. The number of benzene rings is 2. The molecule has 0 spiro atoms. The molecule has 2 aromatic carbocycles. The minimum atomic E-state index is -3.80. The molecule has 0 saturated carbocycles. The fourth-order valence-corrected chi connectivity index (χ4v) is 4.19. The number of nitrogens with zero attached hydrogens (tertiary/aromatic N) is 2. The molecule has 0 aliphatic carbocycles. The molecule has 0 N–H and O–H groups in total. The van der Waals surface area contributed by atoms with Crippen molar-refractivity contribution in [1.29, 1.82) is 0 Å². The van der Waals surface area contributed by atoms with Crippen LogP contribution in [0, 0.1) is 11.6 Å². The zero-order valence-corrected chi connectivity index (χ0v) is 15.1. The van der Waals surface area contributed by atoms with Gasteiger partial charge in [-0.2, -0.15) is 4.31 Å². The van der Waals surface area contributed by atoms with Crippen molar-refractivity contribution < 1.29 is 17.2 Å². The number of rotatable bonds is 4. The molecule has 0 unspecified atom stereocenters. The fraction of sp³-hybridized carbons (Fsp3) is 0.294. The van der Waals surface area contributed by atoms with Gasteiger partial charge >= 0.3 is 0 Å². The molecule has 0 amide bonds. The Morgan fingerprint density at radius 2 is 1.52 bits per heavy atom. The molecule has 0 bridgehead atoms. The molecule has 0 atom stereocenters. The van der Waals surface area contributed by atoms with E-state index in [1.165, 1.54) is 9.87 Å². The number of hydrogen-bond acceptors (Lipinski definition) is 3. The van der Waals surface area contributed by atoms with Crippen molar-refractivity contribution in [3.8, 4) is 0 Å². The second kappa shape index (κ2) is 8.23. The van der Waals surface area contributed by atoms with Gasteiger partial charge in [-0.05, 0) is 23.8 Å². The molecule has 1 heterocycles. The molecular formula is C17H19ClF2N2O2S. The summed E-state index contributed by atoms with van der Waals surface area (Å²) in [5, 5.41) is 0. The molecule has 1 fully saturated rings. The molecule has 25 heavy (non-hydrogen) atoms. The Hall–Kier alpha value is -1.54. The van der Waals surface area contributed by atoms with Gasteiger partial charge in [0, 0.05) is 32.7 Å².